The highest BCUT2D eigenvalue weighted by molar-refractivity contribution is 6.17. The Morgan fingerprint density at radius 1 is 0.457 bits per heavy atom. The lowest BCUT2D eigenvalue weighted by Crippen LogP contribution is -2.24. The quantitative estimate of drug-likeness (QED) is 0.191. The molecule has 0 bridgehead atoms. The lowest BCUT2D eigenvalue weighted by molar-refractivity contribution is 0.591. The van der Waals surface area contributed by atoms with E-state index in [4.69, 9.17) is 0 Å². The van der Waals surface area contributed by atoms with Crippen LogP contribution in [0, 0.1) is 0 Å². The van der Waals surface area contributed by atoms with Gasteiger partial charge in [-0.25, -0.2) is 9.69 Å². The van der Waals surface area contributed by atoms with Gasteiger partial charge in [-0.15, -0.1) is 0 Å². The Morgan fingerprint density at radius 3 is 1.41 bits per heavy atom. The van der Waals surface area contributed by atoms with Crippen LogP contribution in [0.4, 0.5) is 11.4 Å². The molecule has 0 aliphatic heterocycles. The zero-order valence-electron chi connectivity index (χ0n) is 27.8. The third-order valence-electron chi connectivity index (χ3n) is 9.03. The number of hydrogen-bond donors (Lipinski definition) is 0. The van der Waals surface area contributed by atoms with Crippen molar-refractivity contribution in [2.75, 3.05) is 5.01 Å². The molecule has 0 saturated carbocycles. The molecule has 0 atom stereocenters. The lowest BCUT2D eigenvalue weighted by atomic mass is 9.77. The number of aromatic nitrogens is 1. The zero-order valence-corrected chi connectivity index (χ0v) is 27.8. The summed E-state index contributed by atoms with van der Waals surface area (Å²) in [5.41, 5.74) is 12.1. The van der Waals surface area contributed by atoms with Crippen LogP contribution in [0.2, 0.25) is 0 Å². The van der Waals surface area contributed by atoms with Gasteiger partial charge < -0.3 is 0 Å². The Morgan fingerprint density at radius 2 is 0.935 bits per heavy atom. The average Bonchev–Trinajstić information content (AvgIpc) is 3.38. The van der Waals surface area contributed by atoms with Crippen LogP contribution in [0.5, 0.6) is 0 Å². The van der Waals surface area contributed by atoms with Gasteiger partial charge in [-0.2, -0.15) is 0 Å². The van der Waals surface area contributed by atoms with Gasteiger partial charge in [-0.05, 0) is 81.1 Å². The third kappa shape index (κ3) is 5.18. The lowest BCUT2D eigenvalue weighted by Gasteiger charge is -2.31. The second-order valence-corrected chi connectivity index (χ2v) is 14.3. The minimum atomic E-state index is -0.0997. The van der Waals surface area contributed by atoms with Gasteiger partial charge in [-0.3, -0.25) is 0 Å². The molecular weight excluding hydrogens is 556 g/mol. The van der Waals surface area contributed by atoms with Crippen LogP contribution in [0.3, 0.4) is 0 Å². The van der Waals surface area contributed by atoms with Crippen molar-refractivity contribution in [2.45, 2.75) is 52.4 Å². The molecule has 2 heteroatoms. The largest absolute Gasteiger partial charge is 0.249 e. The van der Waals surface area contributed by atoms with E-state index in [-0.39, 0.29) is 10.8 Å². The molecule has 6 aromatic carbocycles. The van der Waals surface area contributed by atoms with Crippen LogP contribution >= 0.6 is 0 Å². The molecule has 0 N–H and O–H groups in total. The van der Waals surface area contributed by atoms with Crippen molar-refractivity contribution in [3.05, 3.63) is 157 Å². The molecule has 0 unspecified atom stereocenters. The van der Waals surface area contributed by atoms with Gasteiger partial charge in [0.2, 0.25) is 0 Å². The molecule has 0 spiro atoms. The molecule has 1 aromatic heterocycles. The van der Waals surface area contributed by atoms with Gasteiger partial charge in [0.1, 0.15) is 0 Å². The number of anilines is 2. The molecule has 46 heavy (non-hydrogen) atoms. The summed E-state index contributed by atoms with van der Waals surface area (Å²) < 4.78 is 2.48. The SMILES string of the molecule is CC(C)(C)c1ccc2c(c1)c1cc(C(C)(C)C)c(-c3ccccc3)c(-c3ccccc3)c1n2N(c1ccccc1)c1ccccc1. The number of nitrogens with zero attached hydrogens (tertiary/aromatic N) is 2. The van der Waals surface area contributed by atoms with E-state index in [1.807, 2.05) is 0 Å². The fourth-order valence-electron chi connectivity index (χ4n) is 6.73. The fraction of sp³-hybridized carbons (Fsp3) is 0.182. The van der Waals surface area contributed by atoms with Gasteiger partial charge in [-0.1, -0.05) is 145 Å². The van der Waals surface area contributed by atoms with Crippen molar-refractivity contribution in [1.82, 2.24) is 4.68 Å². The molecule has 0 amide bonds. The molecule has 1 heterocycles. The number of para-hydroxylation sites is 2. The van der Waals surface area contributed by atoms with Crippen LogP contribution in [0.15, 0.2) is 146 Å². The molecule has 0 saturated heterocycles. The molecule has 7 rings (SSSR count). The highest BCUT2D eigenvalue weighted by atomic mass is 15.6. The van der Waals surface area contributed by atoms with Crippen LogP contribution < -0.4 is 5.01 Å². The Hall–Kier alpha value is -5.08. The summed E-state index contributed by atoms with van der Waals surface area (Å²) in [6, 6.07) is 53.0. The summed E-state index contributed by atoms with van der Waals surface area (Å²) >= 11 is 0. The Kier molecular flexibility index (Phi) is 7.32. The van der Waals surface area contributed by atoms with Crippen LogP contribution in [-0.4, -0.2) is 4.68 Å². The van der Waals surface area contributed by atoms with Crippen LogP contribution in [0.1, 0.15) is 52.7 Å². The number of fused-ring (bicyclic) bond motifs is 3. The third-order valence-corrected chi connectivity index (χ3v) is 9.03. The number of hydrogen-bond acceptors (Lipinski definition) is 1. The Labute approximate surface area is 273 Å². The maximum Gasteiger partial charge on any atom is 0.0801 e. The first-order chi connectivity index (χ1) is 22.1. The van der Waals surface area contributed by atoms with Crippen LogP contribution in [-0.2, 0) is 10.8 Å². The molecule has 2 nitrogen and oxygen atoms in total. The molecule has 0 aliphatic rings. The van der Waals surface area contributed by atoms with Crippen LogP contribution in [0.25, 0.3) is 44.1 Å². The first-order valence-electron chi connectivity index (χ1n) is 16.3. The average molecular weight is 599 g/mol. The summed E-state index contributed by atoms with van der Waals surface area (Å²) in [5.74, 6) is 0. The van der Waals surface area contributed by atoms with Gasteiger partial charge in [0.25, 0.3) is 0 Å². The normalized spacial score (nSPS) is 12.1. The molecular formula is C44H42N2. The predicted octanol–water partition coefficient (Wildman–Crippen LogP) is 12.3. The number of rotatable bonds is 5. The number of benzene rings is 6. The van der Waals surface area contributed by atoms with Crippen molar-refractivity contribution in [2.24, 2.45) is 0 Å². The van der Waals surface area contributed by atoms with E-state index < -0.39 is 0 Å². The molecule has 228 valence electrons. The highest BCUT2D eigenvalue weighted by Gasteiger charge is 2.30. The summed E-state index contributed by atoms with van der Waals surface area (Å²) in [7, 11) is 0. The van der Waals surface area contributed by atoms with E-state index in [9.17, 15) is 0 Å². The Balaban J connectivity index is 1.77. The van der Waals surface area contributed by atoms with Crippen molar-refractivity contribution in [3.8, 4) is 22.3 Å². The van der Waals surface area contributed by atoms with Gasteiger partial charge >= 0.3 is 0 Å². The van der Waals surface area contributed by atoms with Crippen molar-refractivity contribution in [3.63, 3.8) is 0 Å². The molecule has 7 aromatic rings. The standard InChI is InChI=1S/C44H42N2/c1-43(2,3)33-27-28-39-36(29-33)37-30-38(44(4,5)6)40(31-19-11-7-12-20-31)41(32-21-13-8-14-22-32)42(37)46(39)45(34-23-15-9-16-24-34)35-25-17-10-18-26-35/h7-30H,1-6H3. The summed E-state index contributed by atoms with van der Waals surface area (Å²) in [6.07, 6.45) is 0. The second kappa shape index (κ2) is 11.4. The van der Waals surface area contributed by atoms with Crippen molar-refractivity contribution in [1.29, 1.82) is 0 Å². The van der Waals surface area contributed by atoms with E-state index in [1.54, 1.807) is 0 Å². The van der Waals surface area contributed by atoms with E-state index in [2.05, 4.69) is 197 Å². The fourth-order valence-corrected chi connectivity index (χ4v) is 6.73. The van der Waals surface area contributed by atoms with E-state index in [0.717, 1.165) is 11.4 Å². The first-order valence-corrected chi connectivity index (χ1v) is 16.3. The van der Waals surface area contributed by atoms with Gasteiger partial charge in [0, 0.05) is 16.3 Å². The maximum atomic E-state index is 2.49. The van der Waals surface area contributed by atoms with E-state index >= 15 is 0 Å². The summed E-state index contributed by atoms with van der Waals surface area (Å²) in [4.78, 5) is 0. The maximum absolute atomic E-state index is 2.49. The summed E-state index contributed by atoms with van der Waals surface area (Å²) in [5, 5.41) is 4.92. The molecule has 0 aliphatic carbocycles. The van der Waals surface area contributed by atoms with Gasteiger partial charge in [0.05, 0.1) is 22.4 Å². The molecule has 0 fully saturated rings. The predicted molar refractivity (Wildman–Crippen MR) is 198 cm³/mol. The smallest absolute Gasteiger partial charge is 0.0801 e. The van der Waals surface area contributed by atoms with E-state index in [0.29, 0.717) is 0 Å². The monoisotopic (exact) mass is 598 g/mol. The zero-order chi connectivity index (χ0) is 32.1. The minimum absolute atomic E-state index is 0.0141. The second-order valence-electron chi connectivity index (χ2n) is 14.3. The van der Waals surface area contributed by atoms with Crippen molar-refractivity contribution < 1.29 is 0 Å². The van der Waals surface area contributed by atoms with Crippen molar-refractivity contribution >= 4 is 33.2 Å². The topological polar surface area (TPSA) is 8.17 Å². The van der Waals surface area contributed by atoms with E-state index in [1.165, 1.54) is 55.2 Å². The minimum Gasteiger partial charge on any atom is -0.249 e. The first kappa shape index (κ1) is 29.6. The highest BCUT2D eigenvalue weighted by Crippen LogP contribution is 2.49. The Bertz CT molecular complexity index is 2090. The molecule has 0 radical (unpaired) electrons. The van der Waals surface area contributed by atoms with Gasteiger partial charge in [0.15, 0.2) is 0 Å². The summed E-state index contributed by atoms with van der Waals surface area (Å²) in [6.45, 7) is 13.9.